The van der Waals surface area contributed by atoms with E-state index in [4.69, 9.17) is 21.0 Å². The van der Waals surface area contributed by atoms with E-state index >= 15 is 0 Å². The molecule has 414 valence electrons. The summed E-state index contributed by atoms with van der Waals surface area (Å²) in [5.74, 6) is -2.68. The number of aromatic nitrogens is 1. The number of aliphatic carboxylic acids is 2. The summed E-state index contributed by atoms with van der Waals surface area (Å²) in [6, 6.07) is 8.54. The highest BCUT2D eigenvalue weighted by atomic mass is 17.1. The molecule has 1 aromatic carbocycles. The van der Waals surface area contributed by atoms with Crippen molar-refractivity contribution < 1.29 is 75.1 Å². The van der Waals surface area contributed by atoms with Gasteiger partial charge in [0, 0.05) is 169 Å². The van der Waals surface area contributed by atoms with Crippen molar-refractivity contribution >= 4 is 23.8 Å². The lowest BCUT2D eigenvalue weighted by Crippen LogP contribution is -2.49. The maximum atomic E-state index is 12.8. The molecule has 0 spiro atoms. The first-order chi connectivity index (χ1) is 34.8. The van der Waals surface area contributed by atoms with Gasteiger partial charge in [-0.05, 0) is 25.1 Å². The number of rotatable bonds is 22. The van der Waals surface area contributed by atoms with Crippen molar-refractivity contribution in [2.75, 3.05) is 184 Å². The second-order valence-electron chi connectivity index (χ2n) is 17.7. The molecule has 7 N–H and O–H groups in total. The van der Waals surface area contributed by atoms with Crippen molar-refractivity contribution in [2.24, 2.45) is 0 Å². The molecule has 0 atom stereocenters. The molecule has 1 aromatic heterocycles. The number of carboxylic acids is 2. The number of amides is 2. The molecule has 73 heavy (non-hydrogen) atoms. The van der Waals surface area contributed by atoms with Crippen LogP contribution in [0.5, 0.6) is 5.75 Å². The van der Waals surface area contributed by atoms with Gasteiger partial charge in [0.25, 0.3) is 17.4 Å². The summed E-state index contributed by atoms with van der Waals surface area (Å²) in [5.41, 5.74) is 0.929. The minimum absolute atomic E-state index is 0. The van der Waals surface area contributed by atoms with Crippen molar-refractivity contribution in [1.29, 1.82) is 0 Å². The minimum Gasteiger partial charge on any atom is -0.503 e. The van der Waals surface area contributed by atoms with Crippen molar-refractivity contribution in [2.45, 2.75) is 27.4 Å². The quantitative estimate of drug-likeness (QED) is 0.0447. The molecule has 0 radical (unpaired) electrons. The van der Waals surface area contributed by atoms with Gasteiger partial charge >= 0.3 is 11.9 Å². The zero-order chi connectivity index (χ0) is 52.3. The lowest BCUT2D eigenvalue weighted by Gasteiger charge is -2.34. The van der Waals surface area contributed by atoms with Gasteiger partial charge in [0.2, 0.25) is 0 Å². The van der Waals surface area contributed by atoms with Crippen LogP contribution in [-0.2, 0) is 42.2 Å². The third-order valence-corrected chi connectivity index (χ3v) is 13.0. The smallest absolute Gasteiger partial charge is 0.317 e. The molecule has 26 heteroatoms. The first-order valence-electron chi connectivity index (χ1n) is 24.4. The predicted molar refractivity (Wildman–Crippen MR) is 267 cm³/mol. The second-order valence-corrected chi connectivity index (χ2v) is 17.7. The molecule has 3 aliphatic heterocycles. The summed E-state index contributed by atoms with van der Waals surface area (Å²) >= 11 is 0. The number of pyridine rings is 1. The normalized spacial score (nSPS) is 18.7. The largest absolute Gasteiger partial charge is 0.503 e. The Morgan fingerprint density at radius 1 is 0.493 bits per heavy atom. The van der Waals surface area contributed by atoms with Crippen LogP contribution in [0.25, 0.3) is 0 Å². The Balaban J connectivity index is 0.000000381. The number of carbonyl (C=O) groups is 4. The average molecular weight is 1040 g/mol. The van der Waals surface area contributed by atoms with Crippen molar-refractivity contribution in [1.82, 2.24) is 48.7 Å². The van der Waals surface area contributed by atoms with Crippen molar-refractivity contribution in [3.8, 4) is 5.75 Å². The van der Waals surface area contributed by atoms with Crippen LogP contribution in [0.4, 0.5) is 0 Å². The number of aryl methyl sites for hydroxylation is 1. The van der Waals surface area contributed by atoms with E-state index in [9.17, 15) is 39.3 Å². The Morgan fingerprint density at radius 3 is 1.15 bits per heavy atom. The molecule has 0 unspecified atom stereocenters. The summed E-state index contributed by atoms with van der Waals surface area (Å²) in [6.07, 6.45) is 1.67. The molecule has 2 fully saturated rings. The van der Waals surface area contributed by atoms with Gasteiger partial charge in [0.05, 0.1) is 50.6 Å². The lowest BCUT2D eigenvalue weighted by atomic mass is 10.1. The zero-order valence-electron chi connectivity index (χ0n) is 41.5. The van der Waals surface area contributed by atoms with Crippen molar-refractivity contribution in [3.63, 3.8) is 0 Å². The molecule has 4 heterocycles. The number of hydrogen-bond donors (Lipinski definition) is 7. The van der Waals surface area contributed by atoms with Crippen LogP contribution < -0.4 is 5.56 Å². The molecule has 0 aliphatic carbocycles. The first kappa shape index (κ1) is 62.7. The van der Waals surface area contributed by atoms with Crippen LogP contribution in [0, 0.1) is 0 Å². The minimum atomic E-state index is -0.912. The fourth-order valence-electron chi connectivity index (χ4n) is 8.71. The lowest BCUT2D eigenvalue weighted by molar-refractivity contribution is -0.245. The molecule has 0 saturated carbocycles. The van der Waals surface area contributed by atoms with E-state index in [2.05, 4.69) is 48.9 Å². The highest BCUT2D eigenvalue weighted by molar-refractivity contribution is 6.21. The summed E-state index contributed by atoms with van der Waals surface area (Å²) in [6.45, 7) is 15.2. The maximum Gasteiger partial charge on any atom is 0.317 e. The van der Waals surface area contributed by atoms with E-state index in [1.165, 1.54) is 9.47 Å². The summed E-state index contributed by atoms with van der Waals surface area (Å²) in [5, 5.41) is 64.4. The third kappa shape index (κ3) is 22.0. The van der Waals surface area contributed by atoms with E-state index < -0.39 is 17.5 Å². The Hall–Kier alpha value is -4.59. The van der Waals surface area contributed by atoms with E-state index in [1.54, 1.807) is 36.5 Å². The number of hydrogen-bond acceptors (Lipinski definition) is 22. The van der Waals surface area contributed by atoms with Crippen LogP contribution in [0.15, 0.2) is 41.3 Å². The van der Waals surface area contributed by atoms with Crippen LogP contribution >= 0.6 is 0 Å². The zero-order valence-corrected chi connectivity index (χ0v) is 41.5. The standard InChI is InChI=1S/C24H37N5O8.C22H39N5O8.CH4/c30-22(31)19-28-11-9-25(13-14-29-23(32)20-3-1-2-4-21(20)24(29)33)5-6-26(15-17-36-34)7-8-27(10-12-28)16-18-37-35;1-2-27-4-3-19(21(30)22(27)31)17-25-9-7-23(13-15-34-32)5-6-24(14-16-35-33)8-10-26(12-11-25)18-20(28)29;/h1-4,34-35H,5-19H2,(H,30,31);3-4,30,32-33H,2,5-18H2,1H3,(H,28,29);1H4. The number of nitrogens with zero attached hydrogens (tertiary/aromatic N) is 10. The molecule has 2 amide bonds. The Morgan fingerprint density at radius 2 is 0.822 bits per heavy atom. The molecular formula is C47H80N10O16. The van der Waals surface area contributed by atoms with E-state index in [1.807, 2.05) is 16.7 Å². The van der Waals surface area contributed by atoms with Gasteiger partial charge in [-0.25, -0.2) is 19.6 Å². The van der Waals surface area contributed by atoms with E-state index in [-0.39, 0.29) is 71.1 Å². The topological polar surface area (TPSA) is 298 Å². The highest BCUT2D eigenvalue weighted by Gasteiger charge is 2.35. The third-order valence-electron chi connectivity index (χ3n) is 13.0. The fourth-order valence-corrected chi connectivity index (χ4v) is 8.71. The SMILES string of the molecule is C.CCn1ccc(CN2CCN(CCOO)CCN(CCOO)CCN(CC(=O)O)CC2)c(O)c1=O.O=C(O)CN1CCN(CCOO)CCN(CCOO)CCN(CCN2C(=O)c3ccccc3C2=O)CC1. The number of benzene rings is 1. The molecule has 26 nitrogen and oxygen atoms in total. The van der Waals surface area contributed by atoms with Gasteiger partial charge in [-0.15, -0.1) is 0 Å². The van der Waals surface area contributed by atoms with Gasteiger partial charge in [-0.1, -0.05) is 19.6 Å². The maximum absolute atomic E-state index is 12.8. The number of carboxylic acid groups (broad SMARTS) is 2. The summed E-state index contributed by atoms with van der Waals surface area (Å²) in [4.78, 5) is 95.5. The number of aromatic hydroxyl groups is 1. The van der Waals surface area contributed by atoms with Gasteiger partial charge in [0.1, 0.15) is 0 Å². The van der Waals surface area contributed by atoms with E-state index in [0.717, 1.165) is 0 Å². The molecule has 2 aromatic rings. The highest BCUT2D eigenvalue weighted by Crippen LogP contribution is 2.22. The van der Waals surface area contributed by atoms with Crippen LogP contribution in [-0.4, -0.2) is 292 Å². The van der Waals surface area contributed by atoms with E-state index in [0.29, 0.717) is 167 Å². The molecule has 2 saturated heterocycles. The summed E-state index contributed by atoms with van der Waals surface area (Å²) in [7, 11) is 0. The summed E-state index contributed by atoms with van der Waals surface area (Å²) < 4.78 is 1.44. The van der Waals surface area contributed by atoms with Gasteiger partial charge in [-0.3, -0.25) is 89.1 Å². The number of fused-ring (bicyclic) bond motifs is 1. The Kier molecular flexibility index (Phi) is 29.9. The van der Waals surface area contributed by atoms with Crippen molar-refractivity contribution in [3.05, 3.63) is 63.6 Å². The predicted octanol–water partition coefficient (Wildman–Crippen LogP) is -0.437. The molecule has 0 bridgehead atoms. The van der Waals surface area contributed by atoms with Crippen LogP contribution in [0.1, 0.15) is 40.6 Å². The van der Waals surface area contributed by atoms with Gasteiger partial charge in [-0.2, -0.15) is 0 Å². The van der Waals surface area contributed by atoms with Crippen LogP contribution in [0.2, 0.25) is 0 Å². The Bertz CT molecular complexity index is 1970. The molecule has 3 aliphatic rings. The van der Waals surface area contributed by atoms with Gasteiger partial charge in [0.15, 0.2) is 5.75 Å². The Labute approximate surface area is 426 Å². The average Bonchev–Trinajstić information content (AvgIpc) is 3.61. The number of imide groups is 1. The molecule has 5 rings (SSSR count). The second kappa shape index (κ2) is 34.8. The monoisotopic (exact) mass is 1040 g/mol. The molecular weight excluding hydrogens is 961 g/mol. The number of carbonyl (C=O) groups excluding carboxylic acids is 2. The first-order valence-corrected chi connectivity index (χ1v) is 24.4. The fraction of sp³-hybridized carbons (Fsp3) is 0.681. The van der Waals surface area contributed by atoms with Gasteiger partial charge < -0.3 is 19.9 Å². The van der Waals surface area contributed by atoms with Crippen LogP contribution in [0.3, 0.4) is 0 Å².